The number of hydrogen-bond donors (Lipinski definition) is 4. The quantitative estimate of drug-likeness (QED) is 0.446. The number of aromatic nitrogens is 2. The van der Waals surface area contributed by atoms with Crippen LogP contribution >= 0.6 is 0 Å². The molecule has 0 aromatic carbocycles. The zero-order valence-electron chi connectivity index (χ0n) is 9.91. The van der Waals surface area contributed by atoms with Gasteiger partial charge < -0.3 is 20.1 Å². The lowest BCUT2D eigenvalue weighted by Gasteiger charge is -2.18. The van der Waals surface area contributed by atoms with Crippen molar-refractivity contribution in [3.8, 4) is 0 Å². The summed E-state index contributed by atoms with van der Waals surface area (Å²) in [6, 6.07) is 0. The molecule has 1 aromatic rings. The fourth-order valence-corrected chi connectivity index (χ4v) is 1.94. The van der Waals surface area contributed by atoms with Gasteiger partial charge in [-0.1, -0.05) is 0 Å². The van der Waals surface area contributed by atoms with Crippen LogP contribution in [-0.4, -0.2) is 49.8 Å². The van der Waals surface area contributed by atoms with Gasteiger partial charge in [-0.2, -0.15) is 4.39 Å². The zero-order valence-corrected chi connectivity index (χ0v) is 9.91. The Balaban J connectivity index is 2.52. The van der Waals surface area contributed by atoms with Crippen LogP contribution in [0.3, 0.4) is 0 Å². The van der Waals surface area contributed by atoms with Gasteiger partial charge in [0.1, 0.15) is 18.3 Å². The fourth-order valence-electron chi connectivity index (χ4n) is 1.94. The molecule has 19 heavy (non-hydrogen) atoms. The van der Waals surface area contributed by atoms with Crippen molar-refractivity contribution in [2.24, 2.45) is 0 Å². The van der Waals surface area contributed by atoms with E-state index in [2.05, 4.69) is 0 Å². The van der Waals surface area contributed by atoms with Crippen LogP contribution in [0.5, 0.6) is 0 Å². The van der Waals surface area contributed by atoms with Crippen LogP contribution in [0.4, 0.5) is 4.39 Å². The molecule has 0 amide bonds. The Bertz CT molecular complexity index is 597. The Kier molecular flexibility index (Phi) is 3.54. The number of ether oxygens (including phenoxy) is 1. The molecule has 1 fully saturated rings. The average molecular weight is 276 g/mol. The van der Waals surface area contributed by atoms with Crippen molar-refractivity contribution in [1.82, 2.24) is 9.55 Å². The monoisotopic (exact) mass is 276 g/mol. The minimum absolute atomic E-state index is 0.350. The maximum Gasteiger partial charge on any atom is 0.332 e. The first-order valence-corrected chi connectivity index (χ1v) is 5.51. The van der Waals surface area contributed by atoms with E-state index < -0.39 is 48.3 Å². The number of aromatic amines is 1. The summed E-state index contributed by atoms with van der Waals surface area (Å²) in [5.41, 5.74) is -2.34. The lowest BCUT2D eigenvalue weighted by atomic mass is 10.1. The molecule has 0 aliphatic carbocycles. The number of halogens is 1. The number of H-pyrrole nitrogens is 1. The largest absolute Gasteiger partial charge is 0.394 e. The van der Waals surface area contributed by atoms with Gasteiger partial charge in [-0.25, -0.2) is 9.36 Å². The van der Waals surface area contributed by atoms with Gasteiger partial charge in [0.2, 0.25) is 5.95 Å². The van der Waals surface area contributed by atoms with E-state index in [0.29, 0.717) is 4.57 Å². The molecular weight excluding hydrogens is 263 g/mol. The summed E-state index contributed by atoms with van der Waals surface area (Å²) < 4.78 is 19.3. The first-order valence-electron chi connectivity index (χ1n) is 5.51. The highest BCUT2D eigenvalue weighted by molar-refractivity contribution is 5.06. The Morgan fingerprint density at radius 3 is 2.53 bits per heavy atom. The molecule has 8 nitrogen and oxygen atoms in total. The molecule has 4 atom stereocenters. The van der Waals surface area contributed by atoms with E-state index in [1.165, 1.54) is 0 Å². The Morgan fingerprint density at radius 1 is 1.37 bits per heavy atom. The number of hydrogen-bond acceptors (Lipinski definition) is 6. The van der Waals surface area contributed by atoms with E-state index in [1.807, 2.05) is 4.98 Å². The van der Waals surface area contributed by atoms with Gasteiger partial charge in [-0.05, 0) is 6.92 Å². The van der Waals surface area contributed by atoms with E-state index in [-0.39, 0.29) is 5.56 Å². The van der Waals surface area contributed by atoms with Crippen molar-refractivity contribution in [1.29, 1.82) is 0 Å². The summed E-state index contributed by atoms with van der Waals surface area (Å²) in [6.07, 6.45) is -5.73. The third-order valence-corrected chi connectivity index (χ3v) is 3.07. The summed E-state index contributed by atoms with van der Waals surface area (Å²) in [5, 5.41) is 28.2. The van der Waals surface area contributed by atoms with Crippen LogP contribution < -0.4 is 11.2 Å². The summed E-state index contributed by atoms with van der Waals surface area (Å²) >= 11 is 0. The molecule has 2 rings (SSSR count). The summed E-state index contributed by atoms with van der Waals surface area (Å²) in [7, 11) is 0. The number of aliphatic hydroxyl groups excluding tert-OH is 3. The molecule has 1 aromatic heterocycles. The van der Waals surface area contributed by atoms with Gasteiger partial charge in [0.05, 0.1) is 12.2 Å². The van der Waals surface area contributed by atoms with Crippen LogP contribution in [0.1, 0.15) is 11.8 Å². The number of nitrogens with one attached hydrogen (secondary N) is 1. The molecule has 2 heterocycles. The van der Waals surface area contributed by atoms with Crippen molar-refractivity contribution < 1.29 is 24.4 Å². The van der Waals surface area contributed by atoms with Crippen LogP contribution in [0.2, 0.25) is 0 Å². The lowest BCUT2D eigenvalue weighted by Crippen LogP contribution is -2.40. The molecule has 1 saturated heterocycles. The summed E-state index contributed by atoms with van der Waals surface area (Å²) in [5.74, 6) is -1.16. The van der Waals surface area contributed by atoms with E-state index in [9.17, 15) is 24.2 Å². The minimum Gasteiger partial charge on any atom is -0.394 e. The molecule has 0 bridgehead atoms. The van der Waals surface area contributed by atoms with Crippen molar-refractivity contribution in [2.45, 2.75) is 31.5 Å². The van der Waals surface area contributed by atoms with Crippen LogP contribution in [0, 0.1) is 12.9 Å². The standard InChI is InChI=1S/C10H13FN2O6/c1-3-7(11)13(10(18)12-8(3)17)9-6(16)5(15)4(2-14)19-9/h4-6,9,14-16H,2H2,1H3,(H,12,17,18)/t4-,5-,6+,9?/m1/s1. The Labute approximate surface area is 105 Å². The number of aliphatic hydroxyl groups is 3. The third kappa shape index (κ3) is 2.10. The average Bonchev–Trinajstić information content (AvgIpc) is 2.64. The summed E-state index contributed by atoms with van der Waals surface area (Å²) in [4.78, 5) is 24.6. The van der Waals surface area contributed by atoms with Gasteiger partial charge in [0, 0.05) is 0 Å². The molecule has 1 aliphatic heterocycles. The molecule has 1 unspecified atom stereocenters. The molecule has 0 radical (unpaired) electrons. The molecular formula is C10H13FN2O6. The Hall–Kier alpha value is -1.55. The molecule has 9 heteroatoms. The highest BCUT2D eigenvalue weighted by Crippen LogP contribution is 2.28. The van der Waals surface area contributed by atoms with Crippen LogP contribution in [0.25, 0.3) is 0 Å². The molecule has 1 aliphatic rings. The normalized spacial score (nSPS) is 30.8. The topological polar surface area (TPSA) is 125 Å². The van der Waals surface area contributed by atoms with Crippen molar-refractivity contribution in [2.75, 3.05) is 6.61 Å². The molecule has 106 valence electrons. The summed E-state index contributed by atoms with van der Waals surface area (Å²) in [6.45, 7) is 0.554. The van der Waals surface area contributed by atoms with E-state index >= 15 is 0 Å². The van der Waals surface area contributed by atoms with E-state index in [4.69, 9.17) is 9.84 Å². The van der Waals surface area contributed by atoms with Gasteiger partial charge in [-0.15, -0.1) is 0 Å². The third-order valence-electron chi connectivity index (χ3n) is 3.07. The van der Waals surface area contributed by atoms with Crippen molar-refractivity contribution in [3.63, 3.8) is 0 Å². The van der Waals surface area contributed by atoms with Gasteiger partial charge >= 0.3 is 5.69 Å². The second-order valence-electron chi connectivity index (χ2n) is 4.27. The van der Waals surface area contributed by atoms with Crippen LogP contribution in [0.15, 0.2) is 9.59 Å². The second kappa shape index (κ2) is 4.85. The first kappa shape index (κ1) is 13.9. The first-order chi connectivity index (χ1) is 8.88. The van der Waals surface area contributed by atoms with Crippen molar-refractivity contribution in [3.05, 3.63) is 32.3 Å². The molecule has 0 saturated carbocycles. The number of rotatable bonds is 2. The van der Waals surface area contributed by atoms with Crippen LogP contribution in [-0.2, 0) is 4.74 Å². The lowest BCUT2D eigenvalue weighted by molar-refractivity contribution is -0.0602. The second-order valence-corrected chi connectivity index (χ2v) is 4.27. The van der Waals surface area contributed by atoms with E-state index in [1.54, 1.807) is 0 Å². The fraction of sp³-hybridized carbons (Fsp3) is 0.600. The zero-order chi connectivity index (χ0) is 14.3. The molecule has 0 spiro atoms. The van der Waals surface area contributed by atoms with Gasteiger partial charge in [0.25, 0.3) is 5.56 Å². The molecule has 4 N–H and O–H groups in total. The number of nitrogens with zero attached hydrogens (tertiary/aromatic N) is 1. The SMILES string of the molecule is Cc1c(F)n(C2O[C@H](CO)[C@@H](O)[C@@H]2O)c(=O)[nH]c1=O. The van der Waals surface area contributed by atoms with Gasteiger partial charge in [-0.3, -0.25) is 9.78 Å². The highest BCUT2D eigenvalue weighted by Gasteiger charge is 2.44. The predicted octanol–water partition coefficient (Wildman–Crippen LogP) is -2.40. The van der Waals surface area contributed by atoms with E-state index in [0.717, 1.165) is 6.92 Å². The predicted molar refractivity (Wildman–Crippen MR) is 59.0 cm³/mol. The smallest absolute Gasteiger partial charge is 0.332 e. The highest BCUT2D eigenvalue weighted by atomic mass is 19.1. The maximum absolute atomic E-state index is 13.9. The minimum atomic E-state index is -1.60. The maximum atomic E-state index is 13.9. The Morgan fingerprint density at radius 2 is 2.00 bits per heavy atom. The van der Waals surface area contributed by atoms with Gasteiger partial charge in [0.15, 0.2) is 6.23 Å². The van der Waals surface area contributed by atoms with Crippen molar-refractivity contribution >= 4 is 0 Å².